The smallest absolute Gasteiger partial charge is 0.368 e. The minimum absolute atomic E-state index is 0.271. The molecule has 4 N–H and O–H groups in total. The number of nitrogens with zero attached hydrogens (tertiary/aromatic N) is 1. The van der Waals surface area contributed by atoms with Crippen LogP contribution in [-0.4, -0.2) is 62.5 Å². The van der Waals surface area contributed by atoms with Crippen molar-refractivity contribution in [2.75, 3.05) is 20.6 Å². The molecule has 1 fully saturated rings. The fraction of sp³-hybridized carbons (Fsp3) is 0.900. The zero-order valence-corrected chi connectivity index (χ0v) is 11.5. The number of quaternary nitrogens is 1. The number of hydrogen-bond acceptors (Lipinski definition) is 3. The van der Waals surface area contributed by atoms with Crippen molar-refractivity contribution in [2.45, 2.75) is 37.1 Å². The van der Waals surface area contributed by atoms with Crippen LogP contribution in [0.4, 0.5) is 0 Å². The SMILES string of the molecule is C[N+]1(C)CCCCC1CC(O)(C(=O)O)P(=O)(O)O. The third-order valence-electron chi connectivity index (χ3n) is 3.85. The third-order valence-corrected chi connectivity index (χ3v) is 5.19. The Hall–Kier alpha value is -0.460. The average Bonchev–Trinajstić information content (AvgIpc) is 2.18. The summed E-state index contributed by atoms with van der Waals surface area (Å²) in [5.41, 5.74) is 0. The molecular formula is C10H21NO6P+. The van der Waals surface area contributed by atoms with Crippen LogP contribution in [0.25, 0.3) is 0 Å². The Balaban J connectivity index is 2.98. The predicted octanol–water partition coefficient (Wildman–Crippen LogP) is -0.0437. The summed E-state index contributed by atoms with van der Waals surface area (Å²) in [6, 6.07) is -0.271. The van der Waals surface area contributed by atoms with E-state index in [1.54, 1.807) is 0 Å². The molecule has 0 aromatic carbocycles. The molecule has 1 rings (SSSR count). The van der Waals surface area contributed by atoms with Gasteiger partial charge in [-0.05, 0) is 19.3 Å². The first kappa shape index (κ1) is 15.6. The second-order valence-electron chi connectivity index (χ2n) is 5.52. The van der Waals surface area contributed by atoms with E-state index in [1.165, 1.54) is 0 Å². The quantitative estimate of drug-likeness (QED) is 0.425. The third kappa shape index (κ3) is 2.92. The molecule has 1 saturated heterocycles. The van der Waals surface area contributed by atoms with Crippen LogP contribution in [0.3, 0.4) is 0 Å². The van der Waals surface area contributed by atoms with Crippen LogP contribution < -0.4 is 0 Å². The van der Waals surface area contributed by atoms with E-state index in [1.807, 2.05) is 14.1 Å². The number of piperidine rings is 1. The number of hydrogen-bond donors (Lipinski definition) is 4. The zero-order valence-electron chi connectivity index (χ0n) is 10.6. The minimum atomic E-state index is -5.12. The number of rotatable bonds is 4. The van der Waals surface area contributed by atoms with Gasteiger partial charge in [0.2, 0.25) is 0 Å². The van der Waals surface area contributed by atoms with E-state index in [-0.39, 0.29) is 6.04 Å². The van der Waals surface area contributed by atoms with E-state index in [4.69, 9.17) is 14.9 Å². The van der Waals surface area contributed by atoms with E-state index in [9.17, 15) is 14.5 Å². The van der Waals surface area contributed by atoms with E-state index < -0.39 is 25.3 Å². The molecule has 0 spiro atoms. The van der Waals surface area contributed by atoms with Crippen LogP contribution in [0.15, 0.2) is 0 Å². The molecule has 1 aliphatic rings. The van der Waals surface area contributed by atoms with Gasteiger partial charge in [-0.1, -0.05) is 0 Å². The first-order chi connectivity index (χ1) is 8.01. The molecular weight excluding hydrogens is 261 g/mol. The Kier molecular flexibility index (Phi) is 4.25. The number of carboxylic acid groups (broad SMARTS) is 1. The summed E-state index contributed by atoms with van der Waals surface area (Å²) in [7, 11) is -1.36. The Morgan fingerprint density at radius 3 is 2.33 bits per heavy atom. The molecule has 0 saturated carbocycles. The van der Waals surface area contributed by atoms with Crippen molar-refractivity contribution in [3.63, 3.8) is 0 Å². The summed E-state index contributed by atoms with van der Waals surface area (Å²) in [4.78, 5) is 29.2. The average molecular weight is 282 g/mol. The molecule has 1 heterocycles. The summed E-state index contributed by atoms with van der Waals surface area (Å²) in [6.07, 6.45) is 2.09. The number of aliphatic carboxylic acids is 1. The highest BCUT2D eigenvalue weighted by Crippen LogP contribution is 2.52. The van der Waals surface area contributed by atoms with Crippen molar-refractivity contribution < 1.29 is 33.8 Å². The standard InChI is InChI=1S/C10H20NO6P/c1-11(2)6-4-3-5-8(11)7-10(14,9(12)13)18(15,16)17/h8,14H,3-7H2,1-2H3,(H2-,12,13,15,16,17)/p+1. The normalized spacial score (nSPS) is 27.5. The van der Waals surface area contributed by atoms with E-state index in [0.717, 1.165) is 19.4 Å². The minimum Gasteiger partial charge on any atom is -0.479 e. The highest BCUT2D eigenvalue weighted by molar-refractivity contribution is 7.54. The van der Waals surface area contributed by atoms with Crippen molar-refractivity contribution in [3.05, 3.63) is 0 Å². The van der Waals surface area contributed by atoms with E-state index in [2.05, 4.69) is 0 Å². The van der Waals surface area contributed by atoms with Crippen LogP contribution in [0.5, 0.6) is 0 Å². The molecule has 0 aliphatic carbocycles. The number of carbonyl (C=O) groups is 1. The maximum atomic E-state index is 11.2. The monoisotopic (exact) mass is 282 g/mol. The van der Waals surface area contributed by atoms with Gasteiger partial charge in [0.15, 0.2) is 0 Å². The molecule has 18 heavy (non-hydrogen) atoms. The molecule has 7 nitrogen and oxygen atoms in total. The summed E-state index contributed by atoms with van der Waals surface area (Å²) < 4.78 is 11.7. The van der Waals surface area contributed by atoms with Crippen molar-refractivity contribution in [3.8, 4) is 0 Å². The molecule has 0 aromatic rings. The Labute approximate surface area is 106 Å². The summed E-state index contributed by atoms with van der Waals surface area (Å²) in [5, 5.41) is 15.8. The van der Waals surface area contributed by atoms with Crippen LogP contribution in [0, 0.1) is 0 Å². The fourth-order valence-electron chi connectivity index (χ4n) is 2.44. The van der Waals surface area contributed by atoms with Gasteiger partial charge >= 0.3 is 13.6 Å². The number of carboxylic acids is 1. The second-order valence-corrected chi connectivity index (χ2v) is 7.35. The van der Waals surface area contributed by atoms with Gasteiger partial charge in [-0.2, -0.15) is 0 Å². The van der Waals surface area contributed by atoms with Gasteiger partial charge in [0, 0.05) is 0 Å². The lowest BCUT2D eigenvalue weighted by atomic mass is 9.95. The lowest BCUT2D eigenvalue weighted by Crippen LogP contribution is -2.56. The number of aliphatic hydroxyl groups is 1. The molecule has 0 bridgehead atoms. The Morgan fingerprint density at radius 2 is 1.94 bits per heavy atom. The summed E-state index contributed by atoms with van der Waals surface area (Å²) in [5.74, 6) is -1.86. The summed E-state index contributed by atoms with van der Waals surface area (Å²) in [6.45, 7) is 0.807. The zero-order chi connectivity index (χ0) is 14.2. The van der Waals surface area contributed by atoms with Gasteiger partial charge in [0.05, 0.1) is 33.1 Å². The van der Waals surface area contributed by atoms with Gasteiger partial charge in [0.1, 0.15) is 0 Å². The highest BCUT2D eigenvalue weighted by atomic mass is 31.2. The molecule has 1 aliphatic heterocycles. The predicted molar refractivity (Wildman–Crippen MR) is 63.9 cm³/mol. The van der Waals surface area contributed by atoms with Crippen LogP contribution in [0.2, 0.25) is 0 Å². The largest absolute Gasteiger partial charge is 0.479 e. The van der Waals surface area contributed by atoms with Crippen molar-refractivity contribution in [1.82, 2.24) is 0 Å². The molecule has 0 radical (unpaired) electrons. The lowest BCUT2D eigenvalue weighted by Gasteiger charge is -2.43. The van der Waals surface area contributed by atoms with Crippen LogP contribution >= 0.6 is 7.60 Å². The van der Waals surface area contributed by atoms with E-state index in [0.29, 0.717) is 10.9 Å². The van der Waals surface area contributed by atoms with Gasteiger partial charge in [0.25, 0.3) is 5.34 Å². The Morgan fingerprint density at radius 1 is 1.39 bits per heavy atom. The molecule has 2 unspecified atom stereocenters. The molecule has 0 amide bonds. The summed E-state index contributed by atoms with van der Waals surface area (Å²) >= 11 is 0. The molecule has 2 atom stereocenters. The highest BCUT2D eigenvalue weighted by Gasteiger charge is 2.56. The van der Waals surface area contributed by atoms with Crippen molar-refractivity contribution >= 4 is 13.6 Å². The molecule has 8 heteroatoms. The van der Waals surface area contributed by atoms with Gasteiger partial charge in [-0.25, -0.2) is 4.79 Å². The number of likely N-dealkylation sites (tertiary alicyclic amines) is 1. The maximum absolute atomic E-state index is 11.2. The van der Waals surface area contributed by atoms with Gasteiger partial charge < -0.3 is 24.5 Å². The lowest BCUT2D eigenvalue weighted by molar-refractivity contribution is -0.920. The molecule has 0 aromatic heterocycles. The topological polar surface area (TPSA) is 115 Å². The first-order valence-corrected chi connectivity index (χ1v) is 7.46. The van der Waals surface area contributed by atoms with Crippen LogP contribution in [0.1, 0.15) is 25.7 Å². The van der Waals surface area contributed by atoms with Crippen molar-refractivity contribution in [2.24, 2.45) is 0 Å². The first-order valence-electron chi connectivity index (χ1n) is 5.85. The van der Waals surface area contributed by atoms with E-state index >= 15 is 0 Å². The maximum Gasteiger partial charge on any atom is 0.368 e. The van der Waals surface area contributed by atoms with Gasteiger partial charge in [-0.3, -0.25) is 4.57 Å². The second kappa shape index (κ2) is 4.90. The molecule has 106 valence electrons. The fourth-order valence-corrected chi connectivity index (χ4v) is 3.14. The van der Waals surface area contributed by atoms with Gasteiger partial charge in [-0.15, -0.1) is 0 Å². The Bertz CT molecular complexity index is 379. The van der Waals surface area contributed by atoms with Crippen molar-refractivity contribution in [1.29, 1.82) is 0 Å². The van der Waals surface area contributed by atoms with Crippen LogP contribution in [-0.2, 0) is 9.36 Å².